The minimum Gasteiger partial charge on any atom is -0.492 e. The Morgan fingerprint density at radius 2 is 1.89 bits per heavy atom. The van der Waals surface area contributed by atoms with Crippen molar-refractivity contribution in [1.82, 2.24) is 0 Å². The molecule has 0 radical (unpaired) electrons. The number of rotatable bonds is 7. The largest absolute Gasteiger partial charge is 0.492 e. The summed E-state index contributed by atoms with van der Waals surface area (Å²) < 4.78 is 25.3. The monoisotopic (exact) mass is 426 g/mol. The molecule has 150 valence electrons. The van der Waals surface area contributed by atoms with Crippen LogP contribution in [0.4, 0.5) is 10.1 Å². The van der Waals surface area contributed by atoms with E-state index in [4.69, 9.17) is 38.4 Å². The van der Waals surface area contributed by atoms with Crippen LogP contribution >= 0.6 is 23.2 Å². The highest BCUT2D eigenvalue weighted by Crippen LogP contribution is 2.34. The van der Waals surface area contributed by atoms with Crippen LogP contribution in [0.3, 0.4) is 0 Å². The average molecular weight is 427 g/mol. The molecule has 0 aliphatic carbocycles. The first kappa shape index (κ1) is 20.6. The van der Waals surface area contributed by atoms with Gasteiger partial charge in [0.25, 0.3) is 5.91 Å². The topological polar surface area (TPSA) is 64.8 Å². The van der Waals surface area contributed by atoms with E-state index in [9.17, 15) is 9.18 Å². The second kappa shape index (κ2) is 8.45. The van der Waals surface area contributed by atoms with Gasteiger partial charge in [-0.15, -0.1) is 0 Å². The van der Waals surface area contributed by atoms with Gasteiger partial charge >= 0.3 is 0 Å². The molecule has 0 bridgehead atoms. The molecule has 0 spiro atoms. The van der Waals surface area contributed by atoms with Gasteiger partial charge in [-0.1, -0.05) is 37.0 Å². The number of halogens is 3. The molecule has 2 N–H and O–H groups in total. The van der Waals surface area contributed by atoms with Crippen LogP contribution in [-0.2, 0) is 0 Å². The maximum atomic E-state index is 13.9. The number of hydrogen-bond acceptors (Lipinski definition) is 4. The second-order valence-corrected chi connectivity index (χ2v) is 7.91. The van der Waals surface area contributed by atoms with Crippen molar-refractivity contribution >= 4 is 34.8 Å². The Hall–Kier alpha value is -2.18. The summed E-state index contributed by atoms with van der Waals surface area (Å²) >= 11 is 12.4. The van der Waals surface area contributed by atoms with Crippen molar-refractivity contribution < 1.29 is 18.7 Å². The van der Waals surface area contributed by atoms with Crippen LogP contribution in [0.5, 0.6) is 11.5 Å². The predicted molar refractivity (Wildman–Crippen MR) is 108 cm³/mol. The molecule has 0 atom stereocenters. The number of anilines is 1. The lowest BCUT2D eigenvalue weighted by Gasteiger charge is -2.41. The smallest absolute Gasteiger partial charge is 0.251 e. The van der Waals surface area contributed by atoms with E-state index in [1.807, 2.05) is 18.2 Å². The number of nitrogens with zero attached hydrogens (tertiary/aromatic N) is 1. The van der Waals surface area contributed by atoms with Gasteiger partial charge in [0.15, 0.2) is 0 Å². The third kappa shape index (κ3) is 4.62. The van der Waals surface area contributed by atoms with E-state index >= 15 is 0 Å². The van der Waals surface area contributed by atoms with E-state index in [1.165, 1.54) is 6.07 Å². The van der Waals surface area contributed by atoms with Crippen molar-refractivity contribution in [2.24, 2.45) is 11.7 Å². The lowest BCUT2D eigenvalue weighted by molar-refractivity contribution is 0.0996. The van der Waals surface area contributed by atoms with Crippen LogP contribution < -0.4 is 20.1 Å². The highest BCUT2D eigenvalue weighted by Gasteiger charge is 2.30. The zero-order valence-electron chi connectivity index (χ0n) is 15.5. The number of carbonyl (C=O) groups is 1. The number of nitrogens with two attached hydrogens (primary N) is 1. The average Bonchev–Trinajstić information content (AvgIpc) is 2.58. The Morgan fingerprint density at radius 1 is 1.21 bits per heavy atom. The van der Waals surface area contributed by atoms with Crippen LogP contribution in [0, 0.1) is 11.7 Å². The summed E-state index contributed by atoms with van der Waals surface area (Å²) in [6, 6.07) is 7.90. The van der Waals surface area contributed by atoms with Crippen molar-refractivity contribution in [2.45, 2.75) is 20.0 Å². The minimum atomic E-state index is -0.876. The van der Waals surface area contributed by atoms with Gasteiger partial charge in [0.2, 0.25) is 0 Å². The number of primary amides is 1. The fourth-order valence-corrected chi connectivity index (χ4v) is 3.21. The molecule has 28 heavy (non-hydrogen) atoms. The minimum absolute atomic E-state index is 0.142. The van der Waals surface area contributed by atoms with E-state index in [0.29, 0.717) is 36.4 Å². The highest BCUT2D eigenvalue weighted by molar-refractivity contribution is 6.32. The van der Waals surface area contributed by atoms with Crippen LogP contribution in [0.25, 0.3) is 0 Å². The Morgan fingerprint density at radius 3 is 2.50 bits per heavy atom. The van der Waals surface area contributed by atoms with Crippen molar-refractivity contribution in [3.05, 3.63) is 51.8 Å². The zero-order chi connectivity index (χ0) is 20.4. The fraction of sp³-hybridized carbons (Fsp3) is 0.350. The Bertz CT molecular complexity index is 886. The van der Waals surface area contributed by atoms with Gasteiger partial charge in [0.1, 0.15) is 23.4 Å². The van der Waals surface area contributed by atoms with Crippen molar-refractivity contribution in [2.75, 3.05) is 24.6 Å². The molecular formula is C20H21Cl2FN2O3. The maximum absolute atomic E-state index is 13.9. The van der Waals surface area contributed by atoms with Crippen LogP contribution in [0.2, 0.25) is 10.0 Å². The second-order valence-electron chi connectivity index (χ2n) is 7.09. The fourth-order valence-electron chi connectivity index (χ4n) is 2.77. The molecular weight excluding hydrogens is 406 g/mol. The maximum Gasteiger partial charge on any atom is 0.251 e. The Labute approximate surface area is 173 Å². The number of amides is 1. The summed E-state index contributed by atoms with van der Waals surface area (Å²) in [5.74, 6) is -0.378. The first-order valence-corrected chi connectivity index (χ1v) is 9.63. The SMILES string of the molecule is CC(C)COc1ccc(N2CC(Oc3cc(F)c(C(N)=O)cc3Cl)C2)cc1Cl. The van der Waals surface area contributed by atoms with Crippen molar-refractivity contribution in [3.63, 3.8) is 0 Å². The number of ether oxygens (including phenoxy) is 2. The molecule has 1 aliphatic rings. The molecule has 0 saturated carbocycles. The number of hydrogen-bond donors (Lipinski definition) is 1. The molecule has 1 heterocycles. The van der Waals surface area contributed by atoms with Crippen LogP contribution in [0.15, 0.2) is 30.3 Å². The summed E-state index contributed by atoms with van der Waals surface area (Å²) in [6.45, 7) is 5.94. The van der Waals surface area contributed by atoms with Crippen molar-refractivity contribution in [3.8, 4) is 11.5 Å². The highest BCUT2D eigenvalue weighted by atomic mass is 35.5. The first-order chi connectivity index (χ1) is 13.2. The quantitative estimate of drug-likeness (QED) is 0.705. The van der Waals surface area contributed by atoms with E-state index in [0.717, 1.165) is 11.8 Å². The van der Waals surface area contributed by atoms with Gasteiger partial charge < -0.3 is 20.1 Å². The van der Waals surface area contributed by atoms with Gasteiger partial charge in [-0.05, 0) is 30.2 Å². The molecule has 2 aromatic carbocycles. The molecule has 8 heteroatoms. The normalized spacial score (nSPS) is 14.1. The molecule has 2 aromatic rings. The number of benzene rings is 2. The van der Waals surface area contributed by atoms with Crippen LogP contribution in [0.1, 0.15) is 24.2 Å². The number of carbonyl (C=O) groups excluding carboxylic acids is 1. The van der Waals surface area contributed by atoms with Gasteiger partial charge in [0, 0.05) is 11.8 Å². The molecule has 1 fully saturated rings. The summed E-state index contributed by atoms with van der Waals surface area (Å²) in [5, 5.41) is 0.693. The van der Waals surface area contributed by atoms with Gasteiger partial charge in [-0.2, -0.15) is 0 Å². The summed E-state index contributed by atoms with van der Waals surface area (Å²) in [4.78, 5) is 13.2. The van der Waals surface area contributed by atoms with E-state index in [-0.39, 0.29) is 22.4 Å². The zero-order valence-corrected chi connectivity index (χ0v) is 17.1. The van der Waals surface area contributed by atoms with Gasteiger partial charge in [0.05, 0.1) is 35.3 Å². The third-order valence-electron chi connectivity index (χ3n) is 4.28. The Kier molecular flexibility index (Phi) is 6.20. The van der Waals surface area contributed by atoms with Gasteiger partial charge in [-0.3, -0.25) is 4.79 Å². The van der Waals surface area contributed by atoms with Crippen molar-refractivity contribution in [1.29, 1.82) is 0 Å². The molecule has 5 nitrogen and oxygen atoms in total. The molecule has 1 amide bonds. The molecule has 3 rings (SSSR count). The Balaban J connectivity index is 1.60. The van der Waals surface area contributed by atoms with Gasteiger partial charge in [-0.25, -0.2) is 4.39 Å². The van der Waals surface area contributed by atoms with Crippen LogP contribution in [-0.4, -0.2) is 31.7 Å². The van der Waals surface area contributed by atoms with E-state index < -0.39 is 11.7 Å². The van der Waals surface area contributed by atoms with E-state index in [2.05, 4.69) is 18.7 Å². The molecule has 1 saturated heterocycles. The third-order valence-corrected chi connectivity index (χ3v) is 4.87. The lowest BCUT2D eigenvalue weighted by atomic mass is 10.1. The summed E-state index contributed by atoms with van der Waals surface area (Å²) in [7, 11) is 0. The van der Waals surface area contributed by atoms with E-state index in [1.54, 1.807) is 0 Å². The standard InChI is InChI=1S/C20H21Cl2FN2O3/c1-11(2)10-27-18-4-3-12(5-15(18)21)25-8-13(9-25)28-19-7-17(23)14(20(24)26)6-16(19)22/h3-7,11,13H,8-10H2,1-2H3,(H2,24,26). The predicted octanol–water partition coefficient (Wildman–Crippen LogP) is 4.53. The molecule has 0 aromatic heterocycles. The summed E-state index contributed by atoms with van der Waals surface area (Å²) in [6.07, 6.45) is -0.160. The molecule has 1 aliphatic heterocycles. The first-order valence-electron chi connectivity index (χ1n) is 8.87. The molecule has 0 unspecified atom stereocenters. The summed E-state index contributed by atoms with van der Waals surface area (Å²) in [5.41, 5.74) is 5.79. The lowest BCUT2D eigenvalue weighted by Crippen LogP contribution is -2.54.